The average Bonchev–Trinajstić information content (AvgIpc) is 2.53. The summed E-state index contributed by atoms with van der Waals surface area (Å²) in [7, 11) is 1.65. The van der Waals surface area contributed by atoms with Crippen LogP contribution in [0.3, 0.4) is 0 Å². The minimum absolute atomic E-state index is 0.0105. The first-order valence-electron chi connectivity index (χ1n) is 7.41. The summed E-state index contributed by atoms with van der Waals surface area (Å²) < 4.78 is 21.4. The molecule has 0 aliphatic carbocycles. The van der Waals surface area contributed by atoms with Crippen LogP contribution in [0.15, 0.2) is 24.3 Å². The molecule has 2 N–H and O–H groups in total. The van der Waals surface area contributed by atoms with E-state index in [1.54, 1.807) is 7.11 Å². The molecule has 1 aromatic carbocycles. The molecule has 21 heavy (non-hydrogen) atoms. The standard InChI is InChI=1S/C16H27NO4/c1-3-15(17)14-6-4-5-7-16(14)21-13-12-20-11-10-19-9-8-18-2/h4-7,15H,3,8-13,17H2,1-2H3. The molecule has 0 bridgehead atoms. The van der Waals surface area contributed by atoms with Crippen molar-refractivity contribution in [3.8, 4) is 5.75 Å². The first-order chi connectivity index (χ1) is 10.3. The number of hydrogen-bond acceptors (Lipinski definition) is 5. The summed E-state index contributed by atoms with van der Waals surface area (Å²) >= 11 is 0. The van der Waals surface area contributed by atoms with E-state index in [0.29, 0.717) is 39.6 Å². The fourth-order valence-corrected chi connectivity index (χ4v) is 1.81. The van der Waals surface area contributed by atoms with Gasteiger partial charge in [0, 0.05) is 18.7 Å². The molecule has 0 radical (unpaired) electrons. The summed E-state index contributed by atoms with van der Waals surface area (Å²) in [5.74, 6) is 0.840. The molecular formula is C16H27NO4. The predicted molar refractivity (Wildman–Crippen MR) is 82.7 cm³/mol. The van der Waals surface area contributed by atoms with Crippen molar-refractivity contribution in [3.05, 3.63) is 29.8 Å². The Labute approximate surface area is 127 Å². The maximum atomic E-state index is 6.07. The van der Waals surface area contributed by atoms with Gasteiger partial charge in [-0.05, 0) is 12.5 Å². The highest BCUT2D eigenvalue weighted by atomic mass is 16.6. The minimum Gasteiger partial charge on any atom is -0.491 e. The second kappa shape index (κ2) is 11.5. The van der Waals surface area contributed by atoms with Gasteiger partial charge in [0.25, 0.3) is 0 Å². The van der Waals surface area contributed by atoms with Gasteiger partial charge >= 0.3 is 0 Å². The van der Waals surface area contributed by atoms with Gasteiger partial charge in [0.15, 0.2) is 0 Å². The molecule has 0 aliphatic rings. The third kappa shape index (κ3) is 7.43. The van der Waals surface area contributed by atoms with Crippen LogP contribution in [0.1, 0.15) is 24.9 Å². The zero-order valence-electron chi connectivity index (χ0n) is 13.0. The summed E-state index contributed by atoms with van der Waals surface area (Å²) in [6.07, 6.45) is 0.885. The van der Waals surface area contributed by atoms with Crippen molar-refractivity contribution in [2.24, 2.45) is 5.73 Å². The Bertz CT molecular complexity index is 373. The molecule has 0 saturated carbocycles. The Balaban J connectivity index is 2.15. The molecule has 1 rings (SSSR count). The summed E-state index contributed by atoms with van der Waals surface area (Å²) in [4.78, 5) is 0. The number of hydrogen-bond donors (Lipinski definition) is 1. The lowest BCUT2D eigenvalue weighted by molar-refractivity contribution is 0.0179. The van der Waals surface area contributed by atoms with Crippen molar-refractivity contribution in [1.82, 2.24) is 0 Å². The van der Waals surface area contributed by atoms with Crippen LogP contribution < -0.4 is 10.5 Å². The van der Waals surface area contributed by atoms with E-state index in [1.807, 2.05) is 24.3 Å². The van der Waals surface area contributed by atoms with Gasteiger partial charge in [0.2, 0.25) is 0 Å². The van der Waals surface area contributed by atoms with E-state index < -0.39 is 0 Å². The Hall–Kier alpha value is -1.14. The van der Waals surface area contributed by atoms with E-state index in [4.69, 9.17) is 24.7 Å². The topological polar surface area (TPSA) is 62.9 Å². The lowest BCUT2D eigenvalue weighted by Crippen LogP contribution is -2.14. The van der Waals surface area contributed by atoms with Crippen LogP contribution >= 0.6 is 0 Å². The summed E-state index contributed by atoms with van der Waals surface area (Å²) in [6.45, 7) is 5.43. The number of para-hydroxylation sites is 1. The van der Waals surface area contributed by atoms with Crippen LogP contribution in [-0.2, 0) is 14.2 Å². The summed E-state index contributed by atoms with van der Waals surface area (Å²) in [5, 5.41) is 0. The monoisotopic (exact) mass is 297 g/mol. The third-order valence-electron chi connectivity index (χ3n) is 3.05. The highest BCUT2D eigenvalue weighted by Gasteiger charge is 2.09. The first-order valence-corrected chi connectivity index (χ1v) is 7.41. The van der Waals surface area contributed by atoms with Crippen LogP contribution in [-0.4, -0.2) is 46.8 Å². The summed E-state index contributed by atoms with van der Waals surface area (Å²) in [6, 6.07) is 7.89. The fourth-order valence-electron chi connectivity index (χ4n) is 1.81. The zero-order chi connectivity index (χ0) is 15.3. The highest BCUT2D eigenvalue weighted by Crippen LogP contribution is 2.25. The number of rotatable bonds is 12. The fraction of sp³-hybridized carbons (Fsp3) is 0.625. The number of ether oxygens (including phenoxy) is 4. The summed E-state index contributed by atoms with van der Waals surface area (Å²) in [5.41, 5.74) is 7.11. The van der Waals surface area contributed by atoms with Crippen LogP contribution in [0.4, 0.5) is 0 Å². The van der Waals surface area contributed by atoms with Crippen molar-refractivity contribution in [1.29, 1.82) is 0 Å². The lowest BCUT2D eigenvalue weighted by atomic mass is 10.0. The van der Waals surface area contributed by atoms with E-state index in [1.165, 1.54) is 0 Å². The van der Waals surface area contributed by atoms with E-state index in [2.05, 4.69) is 6.92 Å². The van der Waals surface area contributed by atoms with E-state index in [9.17, 15) is 0 Å². The third-order valence-corrected chi connectivity index (χ3v) is 3.05. The second-order valence-corrected chi connectivity index (χ2v) is 4.62. The molecule has 0 fully saturated rings. The molecule has 1 unspecified atom stereocenters. The van der Waals surface area contributed by atoms with Crippen LogP contribution in [0.2, 0.25) is 0 Å². The normalized spacial score (nSPS) is 12.3. The van der Waals surface area contributed by atoms with Gasteiger partial charge in [-0.1, -0.05) is 25.1 Å². The maximum Gasteiger partial charge on any atom is 0.124 e. The average molecular weight is 297 g/mol. The number of nitrogens with two attached hydrogens (primary N) is 1. The van der Waals surface area contributed by atoms with E-state index in [0.717, 1.165) is 17.7 Å². The molecular weight excluding hydrogens is 270 g/mol. The van der Waals surface area contributed by atoms with Gasteiger partial charge < -0.3 is 24.7 Å². The first kappa shape index (κ1) is 17.9. The van der Waals surface area contributed by atoms with Crippen LogP contribution in [0, 0.1) is 0 Å². The van der Waals surface area contributed by atoms with Gasteiger partial charge in [0.05, 0.1) is 33.0 Å². The number of methoxy groups -OCH3 is 1. The molecule has 5 nitrogen and oxygen atoms in total. The number of benzene rings is 1. The van der Waals surface area contributed by atoms with Crippen molar-refractivity contribution < 1.29 is 18.9 Å². The van der Waals surface area contributed by atoms with Crippen LogP contribution in [0.5, 0.6) is 5.75 Å². The largest absolute Gasteiger partial charge is 0.491 e. The lowest BCUT2D eigenvalue weighted by Gasteiger charge is -2.15. The SMILES string of the molecule is CCC(N)c1ccccc1OCCOCCOCCOC. The molecule has 0 aliphatic heterocycles. The van der Waals surface area contributed by atoms with Gasteiger partial charge in [0.1, 0.15) is 12.4 Å². The smallest absolute Gasteiger partial charge is 0.124 e. The molecule has 0 aromatic heterocycles. The molecule has 5 heteroatoms. The second-order valence-electron chi connectivity index (χ2n) is 4.62. The van der Waals surface area contributed by atoms with Gasteiger partial charge in [-0.3, -0.25) is 0 Å². The van der Waals surface area contributed by atoms with Gasteiger partial charge in [-0.25, -0.2) is 0 Å². The molecule has 0 saturated heterocycles. The molecule has 120 valence electrons. The van der Waals surface area contributed by atoms with E-state index in [-0.39, 0.29) is 6.04 Å². The highest BCUT2D eigenvalue weighted by molar-refractivity contribution is 5.35. The van der Waals surface area contributed by atoms with Crippen LogP contribution in [0.25, 0.3) is 0 Å². The van der Waals surface area contributed by atoms with Gasteiger partial charge in [-0.15, -0.1) is 0 Å². The molecule has 1 atom stereocenters. The van der Waals surface area contributed by atoms with Crippen molar-refractivity contribution in [2.75, 3.05) is 46.8 Å². The van der Waals surface area contributed by atoms with Crippen molar-refractivity contribution >= 4 is 0 Å². The quantitative estimate of drug-likeness (QED) is 0.599. The Morgan fingerprint density at radius 3 is 2.24 bits per heavy atom. The Morgan fingerprint density at radius 2 is 1.57 bits per heavy atom. The Morgan fingerprint density at radius 1 is 0.952 bits per heavy atom. The zero-order valence-corrected chi connectivity index (χ0v) is 13.0. The molecule has 0 amide bonds. The Kier molecular flexibility index (Phi) is 9.82. The maximum absolute atomic E-state index is 6.07. The molecule has 1 aromatic rings. The van der Waals surface area contributed by atoms with Crippen molar-refractivity contribution in [2.45, 2.75) is 19.4 Å². The molecule has 0 spiro atoms. The van der Waals surface area contributed by atoms with E-state index >= 15 is 0 Å². The van der Waals surface area contributed by atoms with Gasteiger partial charge in [-0.2, -0.15) is 0 Å². The minimum atomic E-state index is 0.0105. The predicted octanol–water partition coefficient (Wildman–Crippen LogP) is 2.15. The van der Waals surface area contributed by atoms with Crippen molar-refractivity contribution in [3.63, 3.8) is 0 Å². The molecule has 0 heterocycles.